The second-order valence-corrected chi connectivity index (χ2v) is 11.5. The summed E-state index contributed by atoms with van der Waals surface area (Å²) in [5.74, 6) is 0.924. The lowest BCUT2D eigenvalue weighted by Gasteiger charge is -2.42. The minimum Gasteiger partial charge on any atom is -0.478 e. The lowest BCUT2D eigenvalue weighted by molar-refractivity contribution is -0.128. The fraction of sp³-hybridized carbons (Fsp3) is 0.516. The zero-order valence-electron chi connectivity index (χ0n) is 23.7. The van der Waals surface area contributed by atoms with E-state index in [1.54, 1.807) is 4.90 Å². The average Bonchev–Trinajstić information content (AvgIpc) is 3.53. The highest BCUT2D eigenvalue weighted by Crippen LogP contribution is 2.51. The molecule has 2 saturated heterocycles. The Morgan fingerprint density at radius 1 is 1.27 bits per heavy atom. The average molecular weight is 557 g/mol. The summed E-state index contributed by atoms with van der Waals surface area (Å²) in [6.07, 6.45) is 4.70. The number of hydrogen-bond acceptors (Lipinski definition) is 9. The third kappa shape index (κ3) is 4.62. The molecule has 0 bridgehead atoms. The highest BCUT2D eigenvalue weighted by molar-refractivity contribution is 6.05. The minimum atomic E-state index is -1.02. The molecule has 4 aliphatic rings. The molecule has 2 aromatic rings. The first kappa shape index (κ1) is 27.2. The first-order valence-electron chi connectivity index (χ1n) is 14.5. The second-order valence-electron chi connectivity index (χ2n) is 11.5. The number of anilines is 1. The van der Waals surface area contributed by atoms with E-state index in [1.165, 1.54) is 6.08 Å². The van der Waals surface area contributed by atoms with Crippen LogP contribution in [0, 0.1) is 11.3 Å². The third-order valence-corrected chi connectivity index (χ3v) is 9.33. The van der Waals surface area contributed by atoms with Crippen LogP contribution in [0.5, 0.6) is 11.8 Å². The zero-order valence-corrected chi connectivity index (χ0v) is 23.7. The number of benzene rings is 1. The van der Waals surface area contributed by atoms with E-state index in [0.29, 0.717) is 50.6 Å². The van der Waals surface area contributed by atoms with Crippen LogP contribution in [0.2, 0.25) is 0 Å². The van der Waals surface area contributed by atoms with E-state index in [4.69, 9.17) is 19.4 Å². The van der Waals surface area contributed by atoms with Gasteiger partial charge < -0.3 is 24.2 Å². The van der Waals surface area contributed by atoms with Gasteiger partial charge in [-0.05, 0) is 51.4 Å². The molecule has 1 amide bonds. The van der Waals surface area contributed by atoms with Gasteiger partial charge in [-0.1, -0.05) is 31.7 Å². The van der Waals surface area contributed by atoms with Gasteiger partial charge in [-0.2, -0.15) is 15.2 Å². The van der Waals surface area contributed by atoms with Crippen molar-refractivity contribution in [2.45, 2.75) is 62.6 Å². The van der Waals surface area contributed by atoms with Crippen LogP contribution in [0.25, 0.3) is 0 Å². The molecule has 0 radical (unpaired) electrons. The number of carbonyl (C=O) groups is 2. The van der Waals surface area contributed by atoms with E-state index < -0.39 is 5.60 Å². The molecule has 1 aliphatic carbocycles. The number of carbonyl (C=O) groups excluding carboxylic acids is 2. The van der Waals surface area contributed by atoms with E-state index in [2.05, 4.69) is 29.5 Å². The van der Waals surface area contributed by atoms with Crippen LogP contribution in [0.15, 0.2) is 36.9 Å². The lowest BCUT2D eigenvalue weighted by atomic mass is 9.73. The van der Waals surface area contributed by atoms with Crippen LogP contribution >= 0.6 is 0 Å². The molecule has 214 valence electrons. The summed E-state index contributed by atoms with van der Waals surface area (Å²) in [6, 6.07) is 10.2. The number of ether oxygens (including phenoxy) is 2. The number of fused-ring (bicyclic) bond motifs is 2. The van der Waals surface area contributed by atoms with Crippen molar-refractivity contribution in [3.05, 3.63) is 53.7 Å². The van der Waals surface area contributed by atoms with Gasteiger partial charge in [0.1, 0.15) is 23.9 Å². The number of nitriles is 1. The van der Waals surface area contributed by atoms with Crippen molar-refractivity contribution in [2.24, 2.45) is 0 Å². The predicted octanol–water partition coefficient (Wildman–Crippen LogP) is 3.13. The fourth-order valence-corrected chi connectivity index (χ4v) is 6.89. The Kier molecular flexibility index (Phi) is 7.16. The van der Waals surface area contributed by atoms with Gasteiger partial charge in [0.25, 0.3) is 0 Å². The topological polar surface area (TPSA) is 112 Å². The minimum absolute atomic E-state index is 0.122. The van der Waals surface area contributed by atoms with Gasteiger partial charge in [0, 0.05) is 42.7 Å². The number of ketones is 1. The van der Waals surface area contributed by atoms with Gasteiger partial charge in [-0.15, -0.1) is 0 Å². The Bertz CT molecular complexity index is 1420. The number of likely N-dealkylation sites (tertiary alicyclic amines) is 1. The Morgan fingerprint density at radius 2 is 2.10 bits per heavy atom. The molecule has 1 spiro atoms. The molecule has 10 heteroatoms. The molecule has 1 aromatic heterocycles. The van der Waals surface area contributed by atoms with Gasteiger partial charge in [0.15, 0.2) is 5.60 Å². The fourth-order valence-electron chi connectivity index (χ4n) is 6.89. The molecule has 6 rings (SSSR count). The summed E-state index contributed by atoms with van der Waals surface area (Å²) < 4.78 is 12.6. The van der Waals surface area contributed by atoms with Gasteiger partial charge in [0.2, 0.25) is 11.7 Å². The molecule has 1 aromatic carbocycles. The number of likely N-dealkylation sites (N-methyl/N-ethyl adjacent to an activating group) is 1. The molecule has 10 nitrogen and oxygen atoms in total. The van der Waals surface area contributed by atoms with E-state index in [-0.39, 0.29) is 42.1 Å². The van der Waals surface area contributed by atoms with Crippen LogP contribution in [0.4, 0.5) is 5.82 Å². The van der Waals surface area contributed by atoms with Gasteiger partial charge >= 0.3 is 6.01 Å². The van der Waals surface area contributed by atoms with E-state index in [1.807, 2.05) is 31.2 Å². The molecule has 4 heterocycles. The van der Waals surface area contributed by atoms with Gasteiger partial charge in [0.05, 0.1) is 18.5 Å². The highest BCUT2D eigenvalue weighted by atomic mass is 16.5. The number of hydrogen-bond donors (Lipinski definition) is 0. The number of rotatable bonds is 6. The van der Waals surface area contributed by atoms with Crippen molar-refractivity contribution in [1.29, 1.82) is 5.26 Å². The van der Waals surface area contributed by atoms with Crippen LogP contribution in [0.3, 0.4) is 0 Å². The standard InChI is InChI=1S/C31H36N6O4/c1-4-26(38)37-17-16-36(18-21(37)12-14-32)29-24-11-13-31(20(2)23-9-5-6-10-25(23)41-31)28(39)27(24)33-30(34-29)40-19-22-8-7-15-35(22)3/h4-6,9-10,20-22H,1,7-8,11-13,15-19H2,2-3H3. The molecular formula is C31H36N6O4. The molecule has 3 aliphatic heterocycles. The number of aromatic nitrogens is 2. The van der Waals surface area contributed by atoms with Crippen molar-refractivity contribution in [3.8, 4) is 17.8 Å². The first-order chi connectivity index (χ1) is 19.9. The molecule has 2 fully saturated rings. The number of Topliss-reactive ketones (excluding diaryl/α,β-unsaturated/α-hetero) is 1. The molecule has 0 N–H and O–H groups in total. The second kappa shape index (κ2) is 10.8. The summed E-state index contributed by atoms with van der Waals surface area (Å²) in [5.41, 5.74) is 1.12. The van der Waals surface area contributed by atoms with Gasteiger partial charge in [-0.3, -0.25) is 9.59 Å². The Morgan fingerprint density at radius 3 is 2.83 bits per heavy atom. The molecular weight excluding hydrogens is 520 g/mol. The van der Waals surface area contributed by atoms with Gasteiger partial charge in [-0.25, -0.2) is 0 Å². The monoisotopic (exact) mass is 556 g/mol. The molecule has 4 unspecified atom stereocenters. The smallest absolute Gasteiger partial charge is 0.319 e. The zero-order chi connectivity index (χ0) is 28.7. The van der Waals surface area contributed by atoms with Crippen molar-refractivity contribution >= 4 is 17.5 Å². The summed E-state index contributed by atoms with van der Waals surface area (Å²) in [7, 11) is 2.09. The van der Waals surface area contributed by atoms with Crippen LogP contribution in [-0.4, -0.2) is 89.0 Å². The first-order valence-corrected chi connectivity index (χ1v) is 14.5. The number of nitrogens with zero attached hydrogens (tertiary/aromatic N) is 6. The quantitative estimate of drug-likeness (QED) is 0.496. The number of amides is 1. The van der Waals surface area contributed by atoms with E-state index >= 15 is 0 Å². The maximum Gasteiger partial charge on any atom is 0.319 e. The number of para-hydroxylation sites is 1. The third-order valence-electron chi connectivity index (χ3n) is 9.33. The van der Waals surface area contributed by atoms with Crippen molar-refractivity contribution in [1.82, 2.24) is 19.8 Å². The van der Waals surface area contributed by atoms with E-state index in [0.717, 1.165) is 36.3 Å². The SMILES string of the molecule is C=CC(=O)N1CCN(c2nc(OCC3CCCN3C)nc3c2CCC2(Oc4ccccc4C2C)C3=O)CC1CC#N. The summed E-state index contributed by atoms with van der Waals surface area (Å²) >= 11 is 0. The number of piperazine rings is 1. The van der Waals surface area contributed by atoms with E-state index in [9.17, 15) is 14.9 Å². The van der Waals surface area contributed by atoms with Crippen LogP contribution < -0.4 is 14.4 Å². The van der Waals surface area contributed by atoms with Crippen molar-refractivity contribution in [3.63, 3.8) is 0 Å². The van der Waals surface area contributed by atoms with Crippen molar-refractivity contribution in [2.75, 3.05) is 44.7 Å². The highest BCUT2D eigenvalue weighted by Gasteiger charge is 2.55. The summed E-state index contributed by atoms with van der Waals surface area (Å²) in [6.45, 7) is 8.47. The Labute approximate surface area is 240 Å². The molecule has 0 saturated carbocycles. The molecule has 4 atom stereocenters. The molecule has 41 heavy (non-hydrogen) atoms. The Hall–Kier alpha value is -3.97. The summed E-state index contributed by atoms with van der Waals surface area (Å²) in [4.78, 5) is 42.5. The normalized spacial score (nSPS) is 27.2. The largest absolute Gasteiger partial charge is 0.478 e. The summed E-state index contributed by atoms with van der Waals surface area (Å²) in [5, 5.41) is 9.49. The maximum atomic E-state index is 14.4. The predicted molar refractivity (Wildman–Crippen MR) is 152 cm³/mol. The lowest BCUT2D eigenvalue weighted by Crippen LogP contribution is -2.55. The maximum absolute atomic E-state index is 14.4. The van der Waals surface area contributed by atoms with Crippen LogP contribution in [0.1, 0.15) is 60.1 Å². The van der Waals surface area contributed by atoms with Crippen LogP contribution in [-0.2, 0) is 11.2 Å². The van der Waals surface area contributed by atoms with Crippen molar-refractivity contribution < 1.29 is 19.1 Å². The Balaban J connectivity index is 1.36.